The number of nitrogens with zero attached hydrogens (tertiary/aromatic N) is 1. The molecule has 2 rings (SSSR count). The van der Waals surface area contributed by atoms with E-state index in [1.165, 1.54) is 16.5 Å². The first kappa shape index (κ1) is 10.5. The van der Waals surface area contributed by atoms with Gasteiger partial charge in [0, 0.05) is 5.39 Å². The molecule has 0 amide bonds. The standard InChI is InChI=1S/C13H15NS/c1-4-15-13-8-10(3)11-6-5-9(2)7-12(11)14-13/h5-8H,4H2,1-3H3. The molecule has 0 radical (unpaired) electrons. The van der Waals surface area contributed by atoms with Crippen LogP contribution < -0.4 is 0 Å². The van der Waals surface area contributed by atoms with Gasteiger partial charge in [0.1, 0.15) is 0 Å². The van der Waals surface area contributed by atoms with Crippen LogP contribution in [0.25, 0.3) is 10.9 Å². The minimum atomic E-state index is 1.07. The summed E-state index contributed by atoms with van der Waals surface area (Å²) in [7, 11) is 0. The summed E-state index contributed by atoms with van der Waals surface area (Å²) in [5.41, 5.74) is 3.70. The number of benzene rings is 1. The summed E-state index contributed by atoms with van der Waals surface area (Å²) in [5.74, 6) is 1.07. The van der Waals surface area contributed by atoms with Crippen molar-refractivity contribution in [2.45, 2.75) is 25.8 Å². The van der Waals surface area contributed by atoms with Crippen molar-refractivity contribution in [2.75, 3.05) is 5.75 Å². The number of aromatic nitrogens is 1. The van der Waals surface area contributed by atoms with Crippen LogP contribution in [-0.2, 0) is 0 Å². The zero-order chi connectivity index (χ0) is 10.8. The summed E-state index contributed by atoms with van der Waals surface area (Å²) in [5, 5.41) is 2.40. The number of hydrogen-bond donors (Lipinski definition) is 0. The zero-order valence-corrected chi connectivity index (χ0v) is 10.2. The van der Waals surface area contributed by atoms with Crippen molar-refractivity contribution in [3.63, 3.8) is 0 Å². The number of aryl methyl sites for hydroxylation is 2. The van der Waals surface area contributed by atoms with Gasteiger partial charge in [-0.15, -0.1) is 11.8 Å². The third kappa shape index (κ3) is 2.15. The van der Waals surface area contributed by atoms with Crippen LogP contribution in [-0.4, -0.2) is 10.7 Å². The molecule has 78 valence electrons. The maximum atomic E-state index is 4.65. The molecule has 0 saturated heterocycles. The quantitative estimate of drug-likeness (QED) is 0.706. The average Bonchev–Trinajstić information content (AvgIpc) is 2.17. The van der Waals surface area contributed by atoms with Gasteiger partial charge in [0.2, 0.25) is 0 Å². The molecule has 1 aromatic heterocycles. The van der Waals surface area contributed by atoms with Crippen LogP contribution in [0.4, 0.5) is 0 Å². The van der Waals surface area contributed by atoms with E-state index in [4.69, 9.17) is 0 Å². The first-order chi connectivity index (χ1) is 7.20. The third-order valence-electron chi connectivity index (χ3n) is 2.44. The Hall–Kier alpha value is -1.02. The van der Waals surface area contributed by atoms with Gasteiger partial charge in [0.15, 0.2) is 0 Å². The molecule has 0 saturated carbocycles. The predicted molar refractivity (Wildman–Crippen MR) is 67.6 cm³/mol. The van der Waals surface area contributed by atoms with Crippen molar-refractivity contribution in [3.8, 4) is 0 Å². The highest BCUT2D eigenvalue weighted by Crippen LogP contribution is 2.24. The van der Waals surface area contributed by atoms with Crippen molar-refractivity contribution in [2.24, 2.45) is 0 Å². The Kier molecular flexibility index (Phi) is 2.96. The van der Waals surface area contributed by atoms with Gasteiger partial charge >= 0.3 is 0 Å². The molecule has 1 aromatic carbocycles. The fraction of sp³-hybridized carbons (Fsp3) is 0.308. The van der Waals surface area contributed by atoms with E-state index in [1.54, 1.807) is 11.8 Å². The molecule has 0 atom stereocenters. The Morgan fingerprint density at radius 2 is 2.00 bits per heavy atom. The molecule has 15 heavy (non-hydrogen) atoms. The second-order valence-corrected chi connectivity index (χ2v) is 5.02. The molecule has 1 heterocycles. The lowest BCUT2D eigenvalue weighted by molar-refractivity contribution is 1.16. The molecular weight excluding hydrogens is 202 g/mol. The molecule has 2 aromatic rings. The summed E-state index contributed by atoms with van der Waals surface area (Å²) in [6.45, 7) is 6.41. The Balaban J connectivity index is 2.63. The monoisotopic (exact) mass is 217 g/mol. The SMILES string of the molecule is CCSc1cc(C)c2ccc(C)cc2n1. The van der Waals surface area contributed by atoms with E-state index in [0.29, 0.717) is 0 Å². The van der Waals surface area contributed by atoms with Crippen LogP contribution >= 0.6 is 11.8 Å². The molecule has 1 nitrogen and oxygen atoms in total. The molecule has 0 spiro atoms. The normalized spacial score (nSPS) is 10.9. The second-order valence-electron chi connectivity index (χ2n) is 3.73. The van der Waals surface area contributed by atoms with Crippen molar-refractivity contribution in [1.29, 1.82) is 0 Å². The molecule has 0 fully saturated rings. The summed E-state index contributed by atoms with van der Waals surface area (Å²) < 4.78 is 0. The summed E-state index contributed by atoms with van der Waals surface area (Å²) in [4.78, 5) is 4.65. The lowest BCUT2D eigenvalue weighted by Gasteiger charge is -2.05. The van der Waals surface area contributed by atoms with Gasteiger partial charge in [-0.25, -0.2) is 4.98 Å². The number of fused-ring (bicyclic) bond motifs is 1. The Bertz CT molecular complexity index is 491. The molecule has 0 bridgehead atoms. The number of hydrogen-bond acceptors (Lipinski definition) is 2. The molecule has 0 N–H and O–H groups in total. The van der Waals surface area contributed by atoms with Gasteiger partial charge in [-0.3, -0.25) is 0 Å². The van der Waals surface area contributed by atoms with Crippen molar-refractivity contribution in [1.82, 2.24) is 4.98 Å². The van der Waals surface area contributed by atoms with E-state index < -0.39 is 0 Å². The van der Waals surface area contributed by atoms with Gasteiger partial charge in [-0.2, -0.15) is 0 Å². The summed E-state index contributed by atoms with van der Waals surface area (Å²) >= 11 is 1.80. The lowest BCUT2D eigenvalue weighted by atomic mass is 10.1. The van der Waals surface area contributed by atoms with Crippen molar-refractivity contribution >= 4 is 22.7 Å². The van der Waals surface area contributed by atoms with E-state index >= 15 is 0 Å². The van der Waals surface area contributed by atoms with E-state index in [2.05, 4.69) is 50.0 Å². The van der Waals surface area contributed by atoms with Crippen LogP contribution in [0.3, 0.4) is 0 Å². The summed E-state index contributed by atoms with van der Waals surface area (Å²) in [6, 6.07) is 8.63. The zero-order valence-electron chi connectivity index (χ0n) is 9.37. The molecule has 0 unspecified atom stereocenters. The van der Waals surface area contributed by atoms with Crippen molar-refractivity contribution < 1.29 is 0 Å². The number of pyridine rings is 1. The molecule has 2 heteroatoms. The van der Waals surface area contributed by atoms with Gasteiger partial charge in [0.25, 0.3) is 0 Å². The van der Waals surface area contributed by atoms with E-state index in [0.717, 1.165) is 16.3 Å². The van der Waals surface area contributed by atoms with Crippen LogP contribution in [0.15, 0.2) is 29.3 Å². The van der Waals surface area contributed by atoms with E-state index in [1.807, 2.05) is 0 Å². The minimum Gasteiger partial charge on any atom is -0.241 e. The van der Waals surface area contributed by atoms with Gasteiger partial charge < -0.3 is 0 Å². The fourth-order valence-electron chi connectivity index (χ4n) is 1.70. The van der Waals surface area contributed by atoms with Gasteiger partial charge in [-0.05, 0) is 42.9 Å². The topological polar surface area (TPSA) is 12.9 Å². The van der Waals surface area contributed by atoms with Gasteiger partial charge in [-0.1, -0.05) is 19.1 Å². The first-order valence-electron chi connectivity index (χ1n) is 5.21. The van der Waals surface area contributed by atoms with Crippen molar-refractivity contribution in [3.05, 3.63) is 35.4 Å². The molecule has 0 aliphatic rings. The van der Waals surface area contributed by atoms with E-state index in [-0.39, 0.29) is 0 Å². The molecule has 0 aliphatic carbocycles. The largest absolute Gasteiger partial charge is 0.241 e. The summed E-state index contributed by atoms with van der Waals surface area (Å²) in [6.07, 6.45) is 0. The predicted octanol–water partition coefficient (Wildman–Crippen LogP) is 3.96. The fourth-order valence-corrected chi connectivity index (χ4v) is 2.42. The van der Waals surface area contributed by atoms with Crippen LogP contribution in [0.2, 0.25) is 0 Å². The highest BCUT2D eigenvalue weighted by atomic mass is 32.2. The Labute approximate surface area is 94.9 Å². The minimum absolute atomic E-state index is 1.07. The van der Waals surface area contributed by atoms with Gasteiger partial charge in [0.05, 0.1) is 10.5 Å². The maximum absolute atomic E-state index is 4.65. The van der Waals surface area contributed by atoms with Crippen LogP contribution in [0, 0.1) is 13.8 Å². The number of rotatable bonds is 2. The Morgan fingerprint density at radius 3 is 2.73 bits per heavy atom. The highest BCUT2D eigenvalue weighted by molar-refractivity contribution is 7.99. The Morgan fingerprint density at radius 1 is 1.20 bits per heavy atom. The number of thioether (sulfide) groups is 1. The van der Waals surface area contributed by atoms with Crippen LogP contribution in [0.5, 0.6) is 0 Å². The molecule has 0 aliphatic heterocycles. The maximum Gasteiger partial charge on any atom is 0.0970 e. The first-order valence-corrected chi connectivity index (χ1v) is 6.20. The molecular formula is C13H15NS. The lowest BCUT2D eigenvalue weighted by Crippen LogP contribution is -1.88. The van der Waals surface area contributed by atoms with E-state index in [9.17, 15) is 0 Å². The van der Waals surface area contributed by atoms with Crippen LogP contribution in [0.1, 0.15) is 18.1 Å². The average molecular weight is 217 g/mol. The second kappa shape index (κ2) is 4.23. The highest BCUT2D eigenvalue weighted by Gasteiger charge is 2.02. The smallest absolute Gasteiger partial charge is 0.0970 e. The third-order valence-corrected chi connectivity index (χ3v) is 3.23.